The lowest BCUT2D eigenvalue weighted by molar-refractivity contribution is 0.209. The first-order valence-corrected chi connectivity index (χ1v) is 7.50. The molecule has 0 unspecified atom stereocenters. The molecule has 0 spiro atoms. The minimum atomic E-state index is 0.563. The Hall–Kier alpha value is -1.01. The zero-order valence-corrected chi connectivity index (χ0v) is 12.4. The molecule has 0 saturated heterocycles. The first-order valence-electron chi connectivity index (χ1n) is 7.09. The van der Waals surface area contributed by atoms with Gasteiger partial charge in [-0.1, -0.05) is 32.0 Å². The summed E-state index contributed by atoms with van der Waals surface area (Å²) in [6.07, 6.45) is 7.79. The Morgan fingerprint density at radius 2 is 2.26 bits per heavy atom. The van der Waals surface area contributed by atoms with Crippen molar-refractivity contribution in [3.63, 3.8) is 0 Å². The monoisotopic (exact) mass is 281 g/mol. The van der Waals surface area contributed by atoms with E-state index in [0.29, 0.717) is 17.6 Å². The summed E-state index contributed by atoms with van der Waals surface area (Å²) in [5.41, 5.74) is 5.73. The largest absolute Gasteiger partial charge is 0.392 e. The topological polar surface area (TPSA) is 60.0 Å². The number of nitrogens with zero attached hydrogens (tertiary/aromatic N) is 4. The molecule has 0 atom stereocenters. The normalized spacial score (nSPS) is 16.3. The second-order valence-corrected chi connectivity index (χ2v) is 5.73. The Morgan fingerprint density at radius 3 is 2.89 bits per heavy atom. The Kier molecular flexibility index (Phi) is 5.27. The molecule has 0 amide bonds. The van der Waals surface area contributed by atoms with Crippen LogP contribution < -0.4 is 5.73 Å². The maximum Gasteiger partial charge on any atom is 0.141 e. The molecule has 0 aromatic carbocycles. The fourth-order valence-electron chi connectivity index (χ4n) is 2.77. The van der Waals surface area contributed by atoms with Gasteiger partial charge in [0, 0.05) is 19.1 Å². The van der Waals surface area contributed by atoms with Crippen LogP contribution >= 0.6 is 12.2 Å². The summed E-state index contributed by atoms with van der Waals surface area (Å²) in [5.74, 6) is 1.02. The van der Waals surface area contributed by atoms with Crippen LogP contribution in [0.15, 0.2) is 6.33 Å². The van der Waals surface area contributed by atoms with Gasteiger partial charge in [-0.25, -0.2) is 9.67 Å². The summed E-state index contributed by atoms with van der Waals surface area (Å²) < 4.78 is 1.99. The summed E-state index contributed by atoms with van der Waals surface area (Å²) >= 11 is 5.08. The van der Waals surface area contributed by atoms with Crippen LogP contribution in [0.25, 0.3) is 0 Å². The van der Waals surface area contributed by atoms with Gasteiger partial charge < -0.3 is 5.73 Å². The van der Waals surface area contributed by atoms with Crippen LogP contribution in [-0.2, 0) is 13.1 Å². The van der Waals surface area contributed by atoms with E-state index in [2.05, 4.69) is 21.9 Å². The van der Waals surface area contributed by atoms with Gasteiger partial charge in [0.1, 0.15) is 12.2 Å². The van der Waals surface area contributed by atoms with Gasteiger partial charge in [0.25, 0.3) is 0 Å². The highest BCUT2D eigenvalue weighted by Crippen LogP contribution is 2.24. The molecule has 0 radical (unpaired) electrons. The number of aromatic nitrogens is 3. The number of nitrogens with two attached hydrogens (primary N) is 1. The van der Waals surface area contributed by atoms with E-state index in [1.165, 1.54) is 25.7 Å². The Morgan fingerprint density at radius 1 is 1.53 bits per heavy atom. The van der Waals surface area contributed by atoms with Crippen LogP contribution in [0.2, 0.25) is 0 Å². The predicted molar refractivity (Wildman–Crippen MR) is 79.8 cm³/mol. The van der Waals surface area contributed by atoms with Gasteiger partial charge in [-0.15, -0.1) is 0 Å². The smallest absolute Gasteiger partial charge is 0.141 e. The second-order valence-electron chi connectivity index (χ2n) is 5.21. The Labute approximate surface area is 120 Å². The molecule has 0 aliphatic heterocycles. The zero-order chi connectivity index (χ0) is 13.7. The molecule has 1 saturated carbocycles. The fourth-order valence-corrected chi connectivity index (χ4v) is 2.94. The van der Waals surface area contributed by atoms with Crippen molar-refractivity contribution >= 4 is 17.2 Å². The van der Waals surface area contributed by atoms with Gasteiger partial charge in [-0.05, 0) is 19.3 Å². The first kappa shape index (κ1) is 14.4. The minimum absolute atomic E-state index is 0.563. The van der Waals surface area contributed by atoms with Crippen molar-refractivity contribution < 1.29 is 0 Å². The van der Waals surface area contributed by atoms with Crippen molar-refractivity contribution in [1.29, 1.82) is 0 Å². The summed E-state index contributed by atoms with van der Waals surface area (Å²) in [5, 5.41) is 4.28. The average molecular weight is 281 g/mol. The van der Waals surface area contributed by atoms with E-state index in [-0.39, 0.29) is 0 Å². The van der Waals surface area contributed by atoms with Crippen LogP contribution in [0.4, 0.5) is 0 Å². The van der Waals surface area contributed by atoms with Crippen LogP contribution in [0, 0.1) is 0 Å². The number of thiocarbonyl (C=S) groups is 1. The van der Waals surface area contributed by atoms with Crippen LogP contribution in [0.5, 0.6) is 0 Å². The van der Waals surface area contributed by atoms with E-state index >= 15 is 0 Å². The predicted octanol–water partition coefficient (Wildman–Crippen LogP) is 1.72. The third-order valence-corrected chi connectivity index (χ3v) is 3.80. The van der Waals surface area contributed by atoms with E-state index in [1.54, 1.807) is 6.33 Å². The summed E-state index contributed by atoms with van der Waals surface area (Å²) in [6, 6.07) is 0.591. The molecule has 2 rings (SSSR count). The molecule has 1 fully saturated rings. The maximum atomic E-state index is 5.73. The zero-order valence-electron chi connectivity index (χ0n) is 11.6. The van der Waals surface area contributed by atoms with E-state index < -0.39 is 0 Å². The highest BCUT2D eigenvalue weighted by atomic mass is 32.1. The van der Waals surface area contributed by atoms with Gasteiger partial charge in [-0.2, -0.15) is 5.10 Å². The lowest BCUT2D eigenvalue weighted by Gasteiger charge is -2.27. The van der Waals surface area contributed by atoms with Crippen LogP contribution in [-0.4, -0.2) is 37.2 Å². The fraction of sp³-hybridized carbons (Fsp3) is 0.769. The third-order valence-electron chi connectivity index (χ3n) is 3.68. The van der Waals surface area contributed by atoms with Crippen molar-refractivity contribution in [2.24, 2.45) is 5.73 Å². The highest BCUT2D eigenvalue weighted by molar-refractivity contribution is 7.80. The van der Waals surface area contributed by atoms with Crippen molar-refractivity contribution in [2.75, 3.05) is 6.54 Å². The van der Waals surface area contributed by atoms with Crippen molar-refractivity contribution in [1.82, 2.24) is 19.7 Å². The Balaban J connectivity index is 2.05. The van der Waals surface area contributed by atoms with E-state index in [9.17, 15) is 0 Å². The van der Waals surface area contributed by atoms with E-state index in [0.717, 1.165) is 25.3 Å². The lowest BCUT2D eigenvalue weighted by Crippen LogP contribution is -2.39. The molecule has 1 heterocycles. The van der Waals surface area contributed by atoms with E-state index in [4.69, 9.17) is 18.0 Å². The minimum Gasteiger partial charge on any atom is -0.392 e. The number of rotatable bonds is 7. The summed E-state index contributed by atoms with van der Waals surface area (Å²) in [4.78, 5) is 7.31. The van der Waals surface area contributed by atoms with Crippen molar-refractivity contribution in [3.8, 4) is 0 Å². The molecule has 0 bridgehead atoms. The molecule has 106 valence electrons. The van der Waals surface area contributed by atoms with Crippen LogP contribution in [0.3, 0.4) is 0 Å². The van der Waals surface area contributed by atoms with Gasteiger partial charge in [0.2, 0.25) is 0 Å². The highest BCUT2D eigenvalue weighted by Gasteiger charge is 2.24. The summed E-state index contributed by atoms with van der Waals surface area (Å²) in [7, 11) is 0. The quantitative estimate of drug-likeness (QED) is 0.771. The molecule has 6 heteroatoms. The van der Waals surface area contributed by atoms with Gasteiger partial charge in [0.15, 0.2) is 0 Å². The number of hydrogen-bond acceptors (Lipinski definition) is 4. The first-order chi connectivity index (χ1) is 9.20. The average Bonchev–Trinajstić information content (AvgIpc) is 3.00. The lowest BCUT2D eigenvalue weighted by atomic mass is 10.2. The molecule has 1 aliphatic rings. The summed E-state index contributed by atoms with van der Waals surface area (Å²) in [6.45, 7) is 4.54. The van der Waals surface area contributed by atoms with Crippen molar-refractivity contribution in [2.45, 2.75) is 58.2 Å². The third kappa shape index (κ3) is 3.98. The maximum absolute atomic E-state index is 5.73. The molecule has 5 nitrogen and oxygen atoms in total. The van der Waals surface area contributed by atoms with Gasteiger partial charge in [-0.3, -0.25) is 4.90 Å². The molecule has 1 aromatic rings. The molecular weight excluding hydrogens is 258 g/mol. The Bertz CT molecular complexity index is 411. The van der Waals surface area contributed by atoms with E-state index in [1.807, 2.05) is 4.68 Å². The van der Waals surface area contributed by atoms with Crippen molar-refractivity contribution in [3.05, 3.63) is 12.2 Å². The molecule has 19 heavy (non-hydrogen) atoms. The molecule has 1 aromatic heterocycles. The van der Waals surface area contributed by atoms with Crippen LogP contribution in [0.1, 0.15) is 44.9 Å². The molecule has 1 aliphatic carbocycles. The number of hydrogen-bond donors (Lipinski definition) is 1. The SMILES string of the molecule is CCCn1ncnc1CN(CC(N)=S)C1CCCC1. The van der Waals surface area contributed by atoms with Gasteiger partial charge in [0.05, 0.1) is 11.5 Å². The second kappa shape index (κ2) is 6.96. The standard InChI is InChI=1S/C13H23N5S/c1-2-7-18-13(15-10-16-18)9-17(8-12(14)19)11-5-3-4-6-11/h10-11H,2-9H2,1H3,(H2,14,19). The molecule has 2 N–H and O–H groups in total. The molecular formula is C13H23N5S. The number of aryl methyl sites for hydroxylation is 1. The van der Waals surface area contributed by atoms with Gasteiger partial charge >= 0.3 is 0 Å².